The van der Waals surface area contributed by atoms with E-state index in [1.54, 1.807) is 0 Å². The van der Waals surface area contributed by atoms with Crippen LogP contribution in [0.5, 0.6) is 0 Å². The zero-order chi connectivity index (χ0) is 12.7. The molecule has 1 aromatic carbocycles. The predicted octanol–water partition coefficient (Wildman–Crippen LogP) is 2.27. The van der Waals surface area contributed by atoms with Gasteiger partial charge in [-0.05, 0) is 18.4 Å². The Morgan fingerprint density at radius 1 is 1.35 bits per heavy atom. The summed E-state index contributed by atoms with van der Waals surface area (Å²) in [5.74, 6) is 0.0645. The van der Waals surface area contributed by atoms with Crippen molar-refractivity contribution >= 4 is 5.91 Å². The van der Waals surface area contributed by atoms with Gasteiger partial charge in [0.2, 0.25) is 5.91 Å². The molecule has 0 aliphatic carbocycles. The first-order chi connectivity index (χ1) is 8.19. The van der Waals surface area contributed by atoms with E-state index >= 15 is 0 Å². The van der Waals surface area contributed by atoms with Crippen molar-refractivity contribution < 1.29 is 9.90 Å². The topological polar surface area (TPSA) is 49.3 Å². The van der Waals surface area contributed by atoms with E-state index < -0.39 is 0 Å². The number of carbonyl (C=O) groups excluding carboxylic acids is 1. The Labute approximate surface area is 103 Å². The van der Waals surface area contributed by atoms with Crippen LogP contribution >= 0.6 is 0 Å². The standard InChI is InChI=1S/C14H21NO2/c1-3-11(2)14(17)15-13(9-10-16)12-7-5-4-6-8-12/h4-8,11,13,16H,3,9-10H2,1-2H3,(H,15,17)/t11?,13-/m0/s1. The van der Waals surface area contributed by atoms with Crippen molar-refractivity contribution in [3.05, 3.63) is 35.9 Å². The van der Waals surface area contributed by atoms with Gasteiger partial charge in [-0.15, -0.1) is 0 Å². The lowest BCUT2D eigenvalue weighted by Gasteiger charge is -2.20. The quantitative estimate of drug-likeness (QED) is 0.794. The van der Waals surface area contributed by atoms with Crippen LogP contribution in [-0.4, -0.2) is 17.6 Å². The summed E-state index contributed by atoms with van der Waals surface area (Å²) in [4.78, 5) is 11.8. The van der Waals surface area contributed by atoms with Crippen LogP contribution in [-0.2, 0) is 4.79 Å². The molecule has 3 nitrogen and oxygen atoms in total. The molecule has 0 aliphatic rings. The zero-order valence-corrected chi connectivity index (χ0v) is 10.5. The summed E-state index contributed by atoms with van der Waals surface area (Å²) in [5.41, 5.74) is 1.04. The number of aliphatic hydroxyl groups excluding tert-OH is 1. The highest BCUT2D eigenvalue weighted by molar-refractivity contribution is 5.78. The van der Waals surface area contributed by atoms with E-state index in [1.165, 1.54) is 0 Å². The number of hydrogen-bond donors (Lipinski definition) is 2. The lowest BCUT2D eigenvalue weighted by molar-refractivity contribution is -0.125. The second-order valence-corrected chi connectivity index (χ2v) is 4.29. The molecular formula is C14H21NO2. The minimum atomic E-state index is -0.0947. The molecule has 0 saturated heterocycles. The number of rotatable bonds is 6. The summed E-state index contributed by atoms with van der Waals surface area (Å²) in [7, 11) is 0. The molecule has 1 amide bonds. The minimum absolute atomic E-state index is 0.0138. The molecule has 0 aliphatic heterocycles. The van der Waals surface area contributed by atoms with Crippen LogP contribution in [0.3, 0.4) is 0 Å². The van der Waals surface area contributed by atoms with Gasteiger partial charge in [0.15, 0.2) is 0 Å². The Morgan fingerprint density at radius 3 is 2.53 bits per heavy atom. The van der Waals surface area contributed by atoms with Crippen molar-refractivity contribution in [2.45, 2.75) is 32.7 Å². The Morgan fingerprint density at radius 2 is 2.00 bits per heavy atom. The third kappa shape index (κ3) is 4.19. The summed E-state index contributed by atoms with van der Waals surface area (Å²) in [5, 5.41) is 12.0. The number of amides is 1. The lowest BCUT2D eigenvalue weighted by atomic mass is 10.0. The molecule has 0 radical (unpaired) electrons. The predicted molar refractivity (Wildman–Crippen MR) is 68.5 cm³/mol. The Bertz CT molecular complexity index is 337. The van der Waals surface area contributed by atoms with Crippen LogP contribution in [0, 0.1) is 5.92 Å². The van der Waals surface area contributed by atoms with Crippen molar-refractivity contribution in [2.24, 2.45) is 5.92 Å². The molecule has 0 aromatic heterocycles. The summed E-state index contributed by atoms with van der Waals surface area (Å²) in [6, 6.07) is 9.66. The van der Waals surface area contributed by atoms with Gasteiger partial charge < -0.3 is 10.4 Å². The van der Waals surface area contributed by atoms with Crippen molar-refractivity contribution in [3.8, 4) is 0 Å². The van der Waals surface area contributed by atoms with Gasteiger partial charge in [-0.2, -0.15) is 0 Å². The second-order valence-electron chi connectivity index (χ2n) is 4.29. The number of benzene rings is 1. The monoisotopic (exact) mass is 235 g/mol. The Hall–Kier alpha value is -1.35. The summed E-state index contributed by atoms with van der Waals surface area (Å²) in [6.07, 6.45) is 1.37. The molecule has 1 aromatic rings. The molecule has 3 heteroatoms. The van der Waals surface area contributed by atoms with Crippen molar-refractivity contribution in [1.82, 2.24) is 5.32 Å². The maximum atomic E-state index is 11.8. The summed E-state index contributed by atoms with van der Waals surface area (Å²) in [6.45, 7) is 3.98. The molecule has 0 saturated carbocycles. The van der Waals surface area contributed by atoms with Crippen LogP contribution in [0.1, 0.15) is 38.3 Å². The molecule has 1 rings (SSSR count). The molecule has 94 valence electrons. The molecule has 1 unspecified atom stereocenters. The molecular weight excluding hydrogens is 214 g/mol. The minimum Gasteiger partial charge on any atom is -0.396 e. The highest BCUT2D eigenvalue weighted by atomic mass is 16.3. The van der Waals surface area contributed by atoms with Gasteiger partial charge >= 0.3 is 0 Å². The van der Waals surface area contributed by atoms with E-state index in [9.17, 15) is 4.79 Å². The summed E-state index contributed by atoms with van der Waals surface area (Å²) >= 11 is 0. The third-order valence-corrected chi connectivity index (χ3v) is 3.00. The number of hydrogen-bond acceptors (Lipinski definition) is 2. The molecule has 0 spiro atoms. The highest BCUT2D eigenvalue weighted by Crippen LogP contribution is 2.17. The number of nitrogens with one attached hydrogen (secondary N) is 1. The van der Waals surface area contributed by atoms with E-state index in [0.717, 1.165) is 12.0 Å². The molecule has 2 N–H and O–H groups in total. The molecule has 2 atom stereocenters. The first kappa shape index (κ1) is 13.7. The van der Waals surface area contributed by atoms with Gasteiger partial charge in [-0.25, -0.2) is 0 Å². The fourth-order valence-electron chi connectivity index (χ4n) is 1.64. The second kappa shape index (κ2) is 7.07. The average molecular weight is 235 g/mol. The van der Waals surface area contributed by atoms with Gasteiger partial charge in [-0.3, -0.25) is 4.79 Å². The highest BCUT2D eigenvalue weighted by Gasteiger charge is 2.17. The van der Waals surface area contributed by atoms with Crippen molar-refractivity contribution in [1.29, 1.82) is 0 Å². The fraction of sp³-hybridized carbons (Fsp3) is 0.500. The van der Waals surface area contributed by atoms with E-state index in [4.69, 9.17) is 5.11 Å². The van der Waals surface area contributed by atoms with Gasteiger partial charge in [0.1, 0.15) is 0 Å². The Balaban J connectivity index is 2.70. The normalized spacial score (nSPS) is 14.1. The number of aliphatic hydroxyl groups is 1. The number of carbonyl (C=O) groups is 1. The van der Waals surface area contributed by atoms with Crippen molar-refractivity contribution in [3.63, 3.8) is 0 Å². The van der Waals surface area contributed by atoms with Crippen LogP contribution in [0.2, 0.25) is 0 Å². The molecule has 17 heavy (non-hydrogen) atoms. The first-order valence-electron chi connectivity index (χ1n) is 6.15. The van der Waals surface area contributed by atoms with Crippen LogP contribution in [0.25, 0.3) is 0 Å². The van der Waals surface area contributed by atoms with Crippen LogP contribution < -0.4 is 5.32 Å². The van der Waals surface area contributed by atoms with Crippen LogP contribution in [0.15, 0.2) is 30.3 Å². The molecule has 0 fully saturated rings. The van der Waals surface area contributed by atoms with E-state index in [2.05, 4.69) is 5.32 Å². The van der Waals surface area contributed by atoms with Gasteiger partial charge in [0, 0.05) is 12.5 Å². The van der Waals surface area contributed by atoms with Gasteiger partial charge in [0.25, 0.3) is 0 Å². The van der Waals surface area contributed by atoms with E-state index in [1.807, 2.05) is 44.2 Å². The maximum Gasteiger partial charge on any atom is 0.223 e. The van der Waals surface area contributed by atoms with E-state index in [-0.39, 0.29) is 24.5 Å². The van der Waals surface area contributed by atoms with Gasteiger partial charge in [-0.1, -0.05) is 44.2 Å². The fourth-order valence-corrected chi connectivity index (χ4v) is 1.64. The zero-order valence-electron chi connectivity index (χ0n) is 10.5. The largest absolute Gasteiger partial charge is 0.396 e. The van der Waals surface area contributed by atoms with Gasteiger partial charge in [0.05, 0.1) is 6.04 Å². The molecule has 0 bridgehead atoms. The smallest absolute Gasteiger partial charge is 0.223 e. The van der Waals surface area contributed by atoms with Crippen molar-refractivity contribution in [2.75, 3.05) is 6.61 Å². The SMILES string of the molecule is CCC(C)C(=O)N[C@@H](CCO)c1ccccc1. The first-order valence-corrected chi connectivity index (χ1v) is 6.15. The average Bonchev–Trinajstić information content (AvgIpc) is 2.38. The Kier molecular flexibility index (Phi) is 5.70. The van der Waals surface area contributed by atoms with Crippen LogP contribution in [0.4, 0.5) is 0 Å². The maximum absolute atomic E-state index is 11.8. The molecule has 0 heterocycles. The van der Waals surface area contributed by atoms with E-state index in [0.29, 0.717) is 6.42 Å². The summed E-state index contributed by atoms with van der Waals surface area (Å²) < 4.78 is 0. The lowest BCUT2D eigenvalue weighted by Crippen LogP contribution is -2.33. The third-order valence-electron chi connectivity index (χ3n) is 3.00.